The Kier molecular flexibility index (Phi) is 5.60. The number of aromatic nitrogens is 5. The lowest BCUT2D eigenvalue weighted by Crippen LogP contribution is -2.37. The SMILES string of the molecule is Cc1cc(-c2nc(Nc3ccc4c(n3)CCN(C(=O)CO)C4)ncc2F)cc2c1nc1n2CCCC1. The fraction of sp³-hybridized carbons (Fsp3) is 0.346. The van der Waals surface area contributed by atoms with Crippen molar-refractivity contribution in [3.05, 3.63) is 58.9 Å². The second-order valence-corrected chi connectivity index (χ2v) is 9.34. The monoisotopic (exact) mass is 487 g/mol. The Hall–Kier alpha value is -3.92. The fourth-order valence-electron chi connectivity index (χ4n) is 5.11. The van der Waals surface area contributed by atoms with E-state index in [2.05, 4.69) is 24.8 Å². The van der Waals surface area contributed by atoms with E-state index in [9.17, 15) is 9.18 Å². The van der Waals surface area contributed by atoms with Crippen LogP contribution in [0.1, 0.15) is 35.5 Å². The Balaban J connectivity index is 1.30. The molecule has 0 bridgehead atoms. The van der Waals surface area contributed by atoms with Crippen molar-refractivity contribution in [3.63, 3.8) is 0 Å². The number of benzene rings is 1. The zero-order valence-electron chi connectivity index (χ0n) is 20.0. The predicted molar refractivity (Wildman–Crippen MR) is 132 cm³/mol. The average molecular weight is 488 g/mol. The van der Waals surface area contributed by atoms with Gasteiger partial charge in [-0.05, 0) is 49.1 Å². The molecule has 2 aliphatic rings. The number of nitrogens with one attached hydrogen (secondary N) is 1. The quantitative estimate of drug-likeness (QED) is 0.455. The van der Waals surface area contributed by atoms with Crippen LogP contribution in [-0.4, -0.2) is 53.6 Å². The lowest BCUT2D eigenvalue weighted by atomic mass is 10.1. The number of halogens is 1. The van der Waals surface area contributed by atoms with E-state index in [0.717, 1.165) is 59.5 Å². The number of carbonyl (C=O) groups excluding carboxylic acids is 1. The molecule has 6 rings (SSSR count). The Morgan fingerprint density at radius 1 is 1.14 bits per heavy atom. The van der Waals surface area contributed by atoms with Gasteiger partial charge >= 0.3 is 0 Å². The first-order valence-electron chi connectivity index (χ1n) is 12.2. The normalized spacial score (nSPS) is 15.0. The number of amides is 1. The van der Waals surface area contributed by atoms with Crippen molar-refractivity contribution in [2.45, 2.75) is 45.7 Å². The van der Waals surface area contributed by atoms with Crippen LogP contribution in [0.25, 0.3) is 22.3 Å². The number of hydrogen-bond donors (Lipinski definition) is 2. The molecule has 1 aromatic carbocycles. The first kappa shape index (κ1) is 22.5. The number of imidazole rings is 1. The van der Waals surface area contributed by atoms with Crippen LogP contribution < -0.4 is 5.32 Å². The van der Waals surface area contributed by atoms with Crippen molar-refractivity contribution >= 4 is 28.7 Å². The molecule has 0 saturated heterocycles. The third-order valence-corrected chi connectivity index (χ3v) is 6.95. The van der Waals surface area contributed by atoms with Crippen LogP contribution in [0.15, 0.2) is 30.5 Å². The highest BCUT2D eigenvalue weighted by atomic mass is 19.1. The second kappa shape index (κ2) is 8.94. The van der Waals surface area contributed by atoms with E-state index in [-0.39, 0.29) is 17.5 Å². The van der Waals surface area contributed by atoms with Gasteiger partial charge in [0, 0.05) is 43.7 Å². The number of carbonyl (C=O) groups is 1. The Bertz CT molecular complexity index is 1500. The first-order valence-corrected chi connectivity index (χ1v) is 12.2. The van der Waals surface area contributed by atoms with Gasteiger partial charge in [0.25, 0.3) is 0 Å². The Morgan fingerprint density at radius 2 is 2.03 bits per heavy atom. The molecular formula is C26H26FN7O2. The minimum absolute atomic E-state index is 0.222. The van der Waals surface area contributed by atoms with Crippen molar-refractivity contribution in [2.75, 3.05) is 18.5 Å². The third kappa shape index (κ3) is 3.97. The minimum Gasteiger partial charge on any atom is -0.387 e. The molecule has 3 aromatic heterocycles. The summed E-state index contributed by atoms with van der Waals surface area (Å²) in [4.78, 5) is 31.5. The molecular weight excluding hydrogens is 461 g/mol. The number of aliphatic hydroxyl groups is 1. The average Bonchev–Trinajstić information content (AvgIpc) is 3.28. The molecule has 2 aliphatic heterocycles. The zero-order chi connectivity index (χ0) is 24.8. The Labute approximate surface area is 207 Å². The van der Waals surface area contributed by atoms with Crippen LogP contribution in [0.2, 0.25) is 0 Å². The Morgan fingerprint density at radius 3 is 2.89 bits per heavy atom. The number of pyridine rings is 1. The summed E-state index contributed by atoms with van der Waals surface area (Å²) < 4.78 is 17.1. The topological polar surface area (TPSA) is 109 Å². The summed E-state index contributed by atoms with van der Waals surface area (Å²) in [6.45, 7) is 3.33. The molecule has 0 unspecified atom stereocenters. The van der Waals surface area contributed by atoms with Gasteiger partial charge in [0.15, 0.2) is 5.82 Å². The summed E-state index contributed by atoms with van der Waals surface area (Å²) in [5.41, 5.74) is 5.67. The van der Waals surface area contributed by atoms with E-state index in [1.807, 2.05) is 25.1 Å². The molecule has 0 spiro atoms. The molecule has 1 amide bonds. The number of aliphatic hydroxyl groups excluding tert-OH is 1. The largest absolute Gasteiger partial charge is 0.387 e. The molecule has 9 nitrogen and oxygen atoms in total. The standard InChI is InChI=1S/C26H26FN7O2/c1-15-10-17(11-20-24(15)31-22-4-2-3-8-34(20)22)25-18(27)12-28-26(32-25)30-21-6-5-16-13-33(23(36)14-35)9-7-19(16)29-21/h5-6,10-12,35H,2-4,7-9,13-14H2,1H3,(H,28,29,30,32). The maximum absolute atomic E-state index is 14.9. The number of anilines is 2. The van der Waals surface area contributed by atoms with E-state index in [0.29, 0.717) is 30.9 Å². The van der Waals surface area contributed by atoms with Crippen LogP contribution in [-0.2, 0) is 30.7 Å². The lowest BCUT2D eigenvalue weighted by Gasteiger charge is -2.28. The molecule has 0 saturated carbocycles. The molecule has 0 aliphatic carbocycles. The molecule has 10 heteroatoms. The number of rotatable bonds is 4. The van der Waals surface area contributed by atoms with Gasteiger partial charge in [-0.15, -0.1) is 0 Å². The number of aryl methyl sites for hydroxylation is 3. The van der Waals surface area contributed by atoms with Gasteiger partial charge in [-0.2, -0.15) is 0 Å². The molecule has 0 fully saturated rings. The first-order chi connectivity index (χ1) is 17.5. The molecule has 4 aromatic rings. The van der Waals surface area contributed by atoms with E-state index in [1.54, 1.807) is 11.0 Å². The predicted octanol–water partition coefficient (Wildman–Crippen LogP) is 3.29. The maximum Gasteiger partial charge on any atom is 0.248 e. The number of nitrogens with zero attached hydrogens (tertiary/aromatic N) is 6. The highest BCUT2D eigenvalue weighted by Gasteiger charge is 2.22. The number of hydrogen-bond acceptors (Lipinski definition) is 7. The van der Waals surface area contributed by atoms with Crippen LogP contribution >= 0.6 is 0 Å². The molecule has 2 N–H and O–H groups in total. The fourth-order valence-corrected chi connectivity index (χ4v) is 5.11. The summed E-state index contributed by atoms with van der Waals surface area (Å²) in [7, 11) is 0. The van der Waals surface area contributed by atoms with Gasteiger partial charge in [0.05, 0.1) is 17.2 Å². The minimum atomic E-state index is -0.497. The van der Waals surface area contributed by atoms with Gasteiger partial charge in [0.2, 0.25) is 11.9 Å². The van der Waals surface area contributed by atoms with Crippen LogP contribution in [0.5, 0.6) is 0 Å². The van der Waals surface area contributed by atoms with Crippen LogP contribution in [0.4, 0.5) is 16.2 Å². The van der Waals surface area contributed by atoms with Crippen molar-refractivity contribution < 1.29 is 14.3 Å². The highest BCUT2D eigenvalue weighted by Crippen LogP contribution is 2.31. The van der Waals surface area contributed by atoms with Gasteiger partial charge < -0.3 is 19.9 Å². The van der Waals surface area contributed by atoms with Gasteiger partial charge in [0.1, 0.15) is 23.9 Å². The van der Waals surface area contributed by atoms with E-state index >= 15 is 0 Å². The summed E-state index contributed by atoms with van der Waals surface area (Å²) in [6, 6.07) is 7.57. The van der Waals surface area contributed by atoms with Gasteiger partial charge in [-0.25, -0.2) is 24.3 Å². The van der Waals surface area contributed by atoms with E-state index in [4.69, 9.17) is 10.1 Å². The van der Waals surface area contributed by atoms with Crippen LogP contribution in [0, 0.1) is 12.7 Å². The second-order valence-electron chi connectivity index (χ2n) is 9.34. The maximum atomic E-state index is 14.9. The van der Waals surface area contributed by atoms with Gasteiger partial charge in [-0.3, -0.25) is 4.79 Å². The summed E-state index contributed by atoms with van der Waals surface area (Å²) in [5, 5.41) is 12.2. The molecule has 5 heterocycles. The highest BCUT2D eigenvalue weighted by molar-refractivity contribution is 5.85. The number of fused-ring (bicyclic) bond motifs is 4. The summed E-state index contributed by atoms with van der Waals surface area (Å²) >= 11 is 0. The van der Waals surface area contributed by atoms with Crippen molar-refractivity contribution in [1.29, 1.82) is 0 Å². The van der Waals surface area contributed by atoms with E-state index < -0.39 is 12.4 Å². The van der Waals surface area contributed by atoms with E-state index in [1.165, 1.54) is 6.20 Å². The molecule has 0 radical (unpaired) electrons. The summed E-state index contributed by atoms with van der Waals surface area (Å²) in [5.74, 6) is 1.10. The van der Waals surface area contributed by atoms with Crippen molar-refractivity contribution in [1.82, 2.24) is 29.4 Å². The van der Waals surface area contributed by atoms with Gasteiger partial charge in [-0.1, -0.05) is 6.07 Å². The summed E-state index contributed by atoms with van der Waals surface area (Å²) in [6.07, 6.45) is 4.97. The smallest absolute Gasteiger partial charge is 0.248 e. The van der Waals surface area contributed by atoms with Crippen LogP contribution in [0.3, 0.4) is 0 Å². The zero-order valence-corrected chi connectivity index (χ0v) is 20.0. The molecule has 36 heavy (non-hydrogen) atoms. The molecule has 184 valence electrons. The third-order valence-electron chi connectivity index (χ3n) is 6.95. The lowest BCUT2D eigenvalue weighted by molar-refractivity contribution is -0.135. The van der Waals surface area contributed by atoms with Crippen molar-refractivity contribution in [2.24, 2.45) is 0 Å². The molecule has 0 atom stereocenters. The van der Waals surface area contributed by atoms with Crippen molar-refractivity contribution in [3.8, 4) is 11.3 Å².